The summed E-state index contributed by atoms with van der Waals surface area (Å²) in [5.41, 5.74) is 2.48. The van der Waals surface area contributed by atoms with E-state index in [4.69, 9.17) is 9.47 Å². The zero-order chi connectivity index (χ0) is 29.6. The van der Waals surface area contributed by atoms with E-state index in [0.29, 0.717) is 41.1 Å². The molecule has 1 aromatic carbocycles. The average Bonchev–Trinajstić information content (AvgIpc) is 2.99. The number of esters is 2. The number of carbonyl (C=O) groups excluding carboxylic acids is 2. The molecule has 4 heteroatoms. The summed E-state index contributed by atoms with van der Waals surface area (Å²) in [6, 6.07) is 9.44. The maximum absolute atomic E-state index is 13.3. The number of methoxy groups -OCH3 is 1. The van der Waals surface area contributed by atoms with Crippen LogP contribution in [-0.2, 0) is 14.3 Å². The van der Waals surface area contributed by atoms with Crippen LogP contribution in [-0.4, -0.2) is 25.2 Å². The van der Waals surface area contributed by atoms with Gasteiger partial charge in [-0.05, 0) is 123 Å². The van der Waals surface area contributed by atoms with Crippen molar-refractivity contribution in [1.82, 2.24) is 0 Å². The predicted molar refractivity (Wildman–Crippen MR) is 164 cm³/mol. The SMILES string of the molecule is CC.COC(=O)[C@@]12CCC3C(=CCC4[C@@]3(C)CCC3C(C)C(OC(=O)c5ccccc5)CC[C@@]34C)C1C[C@@H](C)CC2. The standard InChI is InChI=1S/C35H48O4.C2H6/c1-22-13-19-35(32(37)38-5)20-15-27-25(28(35)21-22)11-12-30-33(3)18-16-29(23(2)26(33)14-17-34(27,30)4)39-31(36)24-9-7-6-8-10-24;1-2/h6-11,22-23,26-30H,12-21H2,1-5H3;1-2H3/t22-,23?,26?,27?,28?,29?,30?,33-,34-,35-;/m0./s1. The van der Waals surface area contributed by atoms with Crippen LogP contribution >= 0.6 is 0 Å². The lowest BCUT2D eigenvalue weighted by molar-refractivity contribution is -0.171. The molecule has 0 bridgehead atoms. The Bertz CT molecular complexity index is 1140. The zero-order valence-electron chi connectivity index (χ0n) is 26.7. The Kier molecular flexibility index (Phi) is 8.54. The first kappa shape index (κ1) is 30.4. The molecule has 5 aliphatic carbocycles. The highest BCUT2D eigenvalue weighted by atomic mass is 16.5. The molecule has 0 spiro atoms. The van der Waals surface area contributed by atoms with E-state index in [1.807, 2.05) is 44.2 Å². The van der Waals surface area contributed by atoms with Gasteiger partial charge >= 0.3 is 11.9 Å². The van der Waals surface area contributed by atoms with Crippen molar-refractivity contribution in [3.8, 4) is 0 Å². The fourth-order valence-electron chi connectivity index (χ4n) is 10.9. The van der Waals surface area contributed by atoms with Gasteiger partial charge in [-0.25, -0.2) is 4.79 Å². The summed E-state index contributed by atoms with van der Waals surface area (Å²) in [5.74, 6) is 3.02. The molecular weight excluding hydrogens is 508 g/mol. The van der Waals surface area contributed by atoms with Crippen molar-refractivity contribution < 1.29 is 19.1 Å². The van der Waals surface area contributed by atoms with E-state index in [1.165, 1.54) is 12.8 Å². The van der Waals surface area contributed by atoms with E-state index in [9.17, 15) is 9.59 Å². The molecule has 0 amide bonds. The number of carbonyl (C=O) groups is 2. The van der Waals surface area contributed by atoms with E-state index in [0.717, 1.165) is 51.4 Å². The van der Waals surface area contributed by atoms with E-state index in [1.54, 1.807) is 12.7 Å². The lowest BCUT2D eigenvalue weighted by Crippen LogP contribution is -2.60. The Morgan fingerprint density at radius 1 is 0.854 bits per heavy atom. The van der Waals surface area contributed by atoms with Crippen LogP contribution < -0.4 is 0 Å². The number of ether oxygens (including phenoxy) is 2. The molecule has 4 nitrogen and oxygen atoms in total. The number of fused-ring (bicyclic) bond motifs is 7. The second-order valence-electron chi connectivity index (χ2n) is 14.5. The van der Waals surface area contributed by atoms with Crippen LogP contribution in [0.4, 0.5) is 0 Å². The van der Waals surface area contributed by atoms with Crippen molar-refractivity contribution in [2.24, 2.45) is 51.8 Å². The Morgan fingerprint density at radius 3 is 2.24 bits per heavy atom. The third kappa shape index (κ3) is 4.80. The van der Waals surface area contributed by atoms with Crippen molar-refractivity contribution in [2.75, 3.05) is 7.11 Å². The quantitative estimate of drug-likeness (QED) is 0.272. The third-order valence-electron chi connectivity index (χ3n) is 12.9. The Hall–Kier alpha value is -2.10. The van der Waals surface area contributed by atoms with Crippen LogP contribution in [0.15, 0.2) is 42.0 Å². The van der Waals surface area contributed by atoms with E-state index in [-0.39, 0.29) is 34.3 Å². The molecule has 0 heterocycles. The fourth-order valence-corrected chi connectivity index (χ4v) is 10.9. The molecular formula is C37H54O4. The summed E-state index contributed by atoms with van der Waals surface area (Å²) in [6.45, 7) is 13.9. The molecule has 10 atom stereocenters. The van der Waals surface area contributed by atoms with Crippen LogP contribution in [0.2, 0.25) is 0 Å². The highest BCUT2D eigenvalue weighted by Crippen LogP contribution is 2.70. The summed E-state index contributed by atoms with van der Waals surface area (Å²) in [5, 5.41) is 0. The van der Waals surface area contributed by atoms with Gasteiger partial charge in [0.15, 0.2) is 0 Å². The zero-order valence-corrected chi connectivity index (χ0v) is 26.7. The Morgan fingerprint density at radius 2 is 1.54 bits per heavy atom. The number of rotatable bonds is 3. The normalized spacial score (nSPS) is 42.9. The highest BCUT2D eigenvalue weighted by molar-refractivity contribution is 5.89. The van der Waals surface area contributed by atoms with Crippen LogP contribution in [0, 0.1) is 51.8 Å². The summed E-state index contributed by atoms with van der Waals surface area (Å²) >= 11 is 0. The highest BCUT2D eigenvalue weighted by Gasteiger charge is 2.64. The van der Waals surface area contributed by atoms with Crippen LogP contribution in [0.5, 0.6) is 0 Å². The minimum Gasteiger partial charge on any atom is -0.469 e. The van der Waals surface area contributed by atoms with Gasteiger partial charge in [0, 0.05) is 0 Å². The van der Waals surface area contributed by atoms with E-state index < -0.39 is 0 Å². The van der Waals surface area contributed by atoms with Gasteiger partial charge in [-0.2, -0.15) is 0 Å². The fraction of sp³-hybridized carbons (Fsp3) is 0.730. The number of benzene rings is 1. The molecule has 6 rings (SSSR count). The summed E-state index contributed by atoms with van der Waals surface area (Å²) < 4.78 is 11.6. The van der Waals surface area contributed by atoms with Crippen LogP contribution in [0.1, 0.15) is 116 Å². The van der Waals surface area contributed by atoms with Gasteiger partial charge < -0.3 is 9.47 Å². The first-order valence-corrected chi connectivity index (χ1v) is 16.7. The summed E-state index contributed by atoms with van der Waals surface area (Å²) in [7, 11) is 1.58. The van der Waals surface area contributed by atoms with Crippen molar-refractivity contribution in [1.29, 1.82) is 0 Å². The van der Waals surface area contributed by atoms with Gasteiger partial charge in [-0.1, -0.05) is 71.4 Å². The van der Waals surface area contributed by atoms with Gasteiger partial charge in [-0.3, -0.25) is 4.79 Å². The second-order valence-corrected chi connectivity index (χ2v) is 14.5. The molecule has 0 saturated heterocycles. The minimum absolute atomic E-state index is 0.00564. The Labute approximate surface area is 249 Å². The van der Waals surface area contributed by atoms with E-state index in [2.05, 4.69) is 33.8 Å². The predicted octanol–water partition coefficient (Wildman–Crippen LogP) is 9.04. The van der Waals surface area contributed by atoms with Crippen molar-refractivity contribution in [3.05, 3.63) is 47.5 Å². The molecule has 0 aromatic heterocycles. The number of allylic oxidation sites excluding steroid dienone is 2. The first-order chi connectivity index (χ1) is 19.6. The van der Waals surface area contributed by atoms with Gasteiger partial charge in [-0.15, -0.1) is 0 Å². The van der Waals surface area contributed by atoms with Crippen LogP contribution in [0.3, 0.4) is 0 Å². The van der Waals surface area contributed by atoms with Gasteiger partial charge in [0.25, 0.3) is 0 Å². The topological polar surface area (TPSA) is 52.6 Å². The van der Waals surface area contributed by atoms with Gasteiger partial charge in [0.2, 0.25) is 0 Å². The van der Waals surface area contributed by atoms with E-state index >= 15 is 0 Å². The largest absolute Gasteiger partial charge is 0.469 e. The smallest absolute Gasteiger partial charge is 0.338 e. The second kappa shape index (κ2) is 11.5. The molecule has 41 heavy (non-hydrogen) atoms. The summed E-state index contributed by atoms with van der Waals surface area (Å²) in [6.07, 6.45) is 13.6. The van der Waals surface area contributed by atoms with Crippen LogP contribution in [0.25, 0.3) is 0 Å². The molecule has 0 N–H and O–H groups in total. The molecule has 0 radical (unpaired) electrons. The van der Waals surface area contributed by atoms with Crippen molar-refractivity contribution in [2.45, 2.75) is 112 Å². The lowest BCUT2D eigenvalue weighted by Gasteiger charge is -2.66. The summed E-state index contributed by atoms with van der Waals surface area (Å²) in [4.78, 5) is 26.2. The molecule has 0 aliphatic heterocycles. The van der Waals surface area contributed by atoms with Crippen molar-refractivity contribution in [3.63, 3.8) is 0 Å². The average molecular weight is 563 g/mol. The first-order valence-electron chi connectivity index (χ1n) is 16.7. The Balaban J connectivity index is 0.00000165. The minimum atomic E-state index is -0.302. The molecule has 226 valence electrons. The number of hydrogen-bond acceptors (Lipinski definition) is 4. The molecule has 5 aliphatic rings. The maximum atomic E-state index is 13.3. The molecule has 4 saturated carbocycles. The van der Waals surface area contributed by atoms with Gasteiger partial charge in [0.05, 0.1) is 18.1 Å². The van der Waals surface area contributed by atoms with Gasteiger partial charge in [0.1, 0.15) is 6.10 Å². The lowest BCUT2D eigenvalue weighted by atomic mass is 9.38. The molecule has 4 fully saturated rings. The number of hydrogen-bond donors (Lipinski definition) is 0. The third-order valence-corrected chi connectivity index (χ3v) is 12.9. The molecule has 6 unspecified atom stereocenters. The maximum Gasteiger partial charge on any atom is 0.338 e. The monoisotopic (exact) mass is 562 g/mol. The van der Waals surface area contributed by atoms with Crippen molar-refractivity contribution >= 4 is 11.9 Å². The molecule has 1 aromatic rings.